The van der Waals surface area contributed by atoms with Crippen LogP contribution in [-0.4, -0.2) is 13.1 Å². The number of hydrogen-bond donors (Lipinski definition) is 1. The number of carbonyl (C=O) groups excluding carboxylic acids is 1. The highest BCUT2D eigenvalue weighted by Crippen LogP contribution is 2.07. The maximum absolute atomic E-state index is 10.6. The lowest BCUT2D eigenvalue weighted by Gasteiger charge is -2.00. The molecule has 1 aromatic carbocycles. The first-order valence-electron chi connectivity index (χ1n) is 5.27. The molecule has 0 aromatic heterocycles. The maximum Gasteiger partial charge on any atom is 0.412 e. The Kier molecular flexibility index (Phi) is 13.3. The smallest absolute Gasteiger partial charge is 0.410 e. The van der Waals surface area contributed by atoms with Gasteiger partial charge in [-0.15, -0.1) is 0 Å². The molecule has 15 heavy (non-hydrogen) atoms. The van der Waals surface area contributed by atoms with Crippen LogP contribution in [0.5, 0.6) is 5.75 Å². The summed E-state index contributed by atoms with van der Waals surface area (Å²) >= 11 is 0. The number of para-hydroxylation sites is 1. The molecule has 0 unspecified atom stereocenters. The van der Waals surface area contributed by atoms with Gasteiger partial charge in [-0.25, -0.2) is 4.79 Å². The van der Waals surface area contributed by atoms with Crippen molar-refractivity contribution in [3.05, 3.63) is 30.3 Å². The molecular formula is C12H21NO2. The number of ether oxygens (including phenoxy) is 1. The molecule has 0 aliphatic rings. The van der Waals surface area contributed by atoms with Crippen LogP contribution in [0.15, 0.2) is 30.3 Å². The summed E-state index contributed by atoms with van der Waals surface area (Å²) in [5.41, 5.74) is 0. The summed E-state index contributed by atoms with van der Waals surface area (Å²) < 4.78 is 4.81. The Morgan fingerprint density at radius 3 is 1.93 bits per heavy atom. The van der Waals surface area contributed by atoms with E-state index in [0.29, 0.717) is 5.75 Å². The molecule has 86 valence electrons. The SMILES string of the molecule is CC.CC.CNC(=O)Oc1ccccc1. The number of amides is 1. The van der Waals surface area contributed by atoms with E-state index in [0.717, 1.165) is 0 Å². The largest absolute Gasteiger partial charge is 0.412 e. The minimum atomic E-state index is -0.448. The van der Waals surface area contributed by atoms with E-state index in [4.69, 9.17) is 4.74 Å². The lowest BCUT2D eigenvalue weighted by molar-refractivity contribution is 0.203. The normalized spacial score (nSPS) is 7.27. The fourth-order valence-corrected chi connectivity index (χ4v) is 0.647. The highest BCUT2D eigenvalue weighted by atomic mass is 16.5. The van der Waals surface area contributed by atoms with Crippen LogP contribution in [0, 0.1) is 0 Å². The van der Waals surface area contributed by atoms with Gasteiger partial charge in [-0.2, -0.15) is 0 Å². The van der Waals surface area contributed by atoms with E-state index in [1.807, 2.05) is 33.8 Å². The van der Waals surface area contributed by atoms with Crippen molar-refractivity contribution >= 4 is 6.09 Å². The van der Waals surface area contributed by atoms with Gasteiger partial charge >= 0.3 is 6.09 Å². The highest BCUT2D eigenvalue weighted by molar-refractivity contribution is 5.69. The Labute approximate surface area is 92.5 Å². The third-order valence-corrected chi connectivity index (χ3v) is 1.16. The van der Waals surface area contributed by atoms with Crippen LogP contribution in [0.4, 0.5) is 4.79 Å². The van der Waals surface area contributed by atoms with Crippen LogP contribution in [-0.2, 0) is 0 Å². The van der Waals surface area contributed by atoms with Crippen molar-refractivity contribution in [3.63, 3.8) is 0 Å². The minimum absolute atomic E-state index is 0.448. The van der Waals surface area contributed by atoms with Gasteiger partial charge in [0.1, 0.15) is 5.75 Å². The van der Waals surface area contributed by atoms with E-state index in [9.17, 15) is 4.79 Å². The van der Waals surface area contributed by atoms with Crippen molar-refractivity contribution in [1.29, 1.82) is 0 Å². The lowest BCUT2D eigenvalue weighted by Crippen LogP contribution is -2.21. The summed E-state index contributed by atoms with van der Waals surface area (Å²) in [5.74, 6) is 0.548. The first-order valence-corrected chi connectivity index (χ1v) is 5.27. The lowest BCUT2D eigenvalue weighted by atomic mass is 10.3. The molecule has 3 nitrogen and oxygen atoms in total. The number of nitrogens with one attached hydrogen (secondary N) is 1. The third-order valence-electron chi connectivity index (χ3n) is 1.16. The van der Waals surface area contributed by atoms with Crippen LogP contribution < -0.4 is 10.1 Å². The predicted molar refractivity (Wildman–Crippen MR) is 64.2 cm³/mol. The Balaban J connectivity index is 0. The quantitative estimate of drug-likeness (QED) is 0.772. The fourth-order valence-electron chi connectivity index (χ4n) is 0.647. The van der Waals surface area contributed by atoms with Gasteiger partial charge in [-0.05, 0) is 12.1 Å². The van der Waals surface area contributed by atoms with Gasteiger partial charge in [-0.1, -0.05) is 45.9 Å². The Morgan fingerprint density at radius 1 is 1.07 bits per heavy atom. The summed E-state index contributed by atoms with van der Waals surface area (Å²) in [6.07, 6.45) is -0.448. The number of rotatable bonds is 1. The van der Waals surface area contributed by atoms with Gasteiger partial charge in [0.25, 0.3) is 0 Å². The second-order valence-electron chi connectivity index (χ2n) is 1.95. The maximum atomic E-state index is 10.6. The number of hydrogen-bond acceptors (Lipinski definition) is 2. The van der Waals surface area contributed by atoms with Crippen LogP contribution in [0.25, 0.3) is 0 Å². The monoisotopic (exact) mass is 211 g/mol. The van der Waals surface area contributed by atoms with Gasteiger partial charge < -0.3 is 10.1 Å². The standard InChI is InChI=1S/C8H9NO2.2C2H6/c1-9-8(10)11-7-5-3-2-4-6-7;2*1-2/h2-6H,1H3,(H,9,10);2*1-2H3. The zero-order valence-electron chi connectivity index (χ0n) is 10.2. The number of benzene rings is 1. The van der Waals surface area contributed by atoms with Gasteiger partial charge in [-0.3, -0.25) is 0 Å². The molecule has 3 heteroatoms. The first-order chi connectivity index (χ1) is 7.33. The molecule has 0 radical (unpaired) electrons. The van der Waals surface area contributed by atoms with Crippen LogP contribution >= 0.6 is 0 Å². The second kappa shape index (κ2) is 12.5. The highest BCUT2D eigenvalue weighted by Gasteiger charge is 1.97. The molecule has 1 N–H and O–H groups in total. The van der Waals surface area contributed by atoms with Crippen LogP contribution in [0.3, 0.4) is 0 Å². The Morgan fingerprint density at radius 2 is 1.53 bits per heavy atom. The van der Waals surface area contributed by atoms with E-state index in [1.54, 1.807) is 24.3 Å². The predicted octanol–water partition coefficient (Wildman–Crippen LogP) is 3.46. The topological polar surface area (TPSA) is 38.3 Å². The Hall–Kier alpha value is -1.51. The van der Waals surface area contributed by atoms with Crippen molar-refractivity contribution < 1.29 is 9.53 Å². The summed E-state index contributed by atoms with van der Waals surface area (Å²) in [5, 5.41) is 2.35. The van der Waals surface area contributed by atoms with Crippen molar-refractivity contribution in [2.24, 2.45) is 0 Å². The van der Waals surface area contributed by atoms with Crippen molar-refractivity contribution in [3.8, 4) is 5.75 Å². The molecule has 0 bridgehead atoms. The third kappa shape index (κ3) is 8.81. The van der Waals surface area contributed by atoms with E-state index >= 15 is 0 Å². The molecule has 0 heterocycles. The zero-order chi connectivity index (χ0) is 12.1. The first kappa shape index (κ1) is 15.9. The average Bonchev–Trinajstić information content (AvgIpc) is 2.35. The summed E-state index contributed by atoms with van der Waals surface area (Å²) in [6.45, 7) is 8.00. The summed E-state index contributed by atoms with van der Waals surface area (Å²) in [6, 6.07) is 8.90. The van der Waals surface area contributed by atoms with Gasteiger partial charge in [0.15, 0.2) is 0 Å². The molecule has 1 aromatic rings. The molecule has 0 spiro atoms. The van der Waals surface area contributed by atoms with Gasteiger partial charge in [0.2, 0.25) is 0 Å². The molecule has 0 aliphatic heterocycles. The van der Waals surface area contributed by atoms with E-state index in [1.165, 1.54) is 7.05 Å². The van der Waals surface area contributed by atoms with Crippen molar-refractivity contribution in [2.75, 3.05) is 7.05 Å². The molecule has 0 saturated heterocycles. The van der Waals surface area contributed by atoms with Gasteiger partial charge in [0, 0.05) is 7.05 Å². The van der Waals surface area contributed by atoms with Crippen LogP contribution in [0.2, 0.25) is 0 Å². The van der Waals surface area contributed by atoms with E-state index < -0.39 is 6.09 Å². The van der Waals surface area contributed by atoms with Crippen molar-refractivity contribution in [2.45, 2.75) is 27.7 Å². The molecule has 0 fully saturated rings. The zero-order valence-corrected chi connectivity index (χ0v) is 10.2. The van der Waals surface area contributed by atoms with Crippen LogP contribution in [0.1, 0.15) is 27.7 Å². The van der Waals surface area contributed by atoms with E-state index in [2.05, 4.69) is 5.32 Å². The molecule has 0 aliphatic carbocycles. The molecule has 1 amide bonds. The molecular weight excluding hydrogens is 190 g/mol. The van der Waals surface area contributed by atoms with Crippen molar-refractivity contribution in [1.82, 2.24) is 5.32 Å². The number of carbonyl (C=O) groups is 1. The average molecular weight is 211 g/mol. The second-order valence-corrected chi connectivity index (χ2v) is 1.95. The summed E-state index contributed by atoms with van der Waals surface area (Å²) in [4.78, 5) is 10.6. The minimum Gasteiger partial charge on any atom is -0.410 e. The van der Waals surface area contributed by atoms with Gasteiger partial charge in [0.05, 0.1) is 0 Å². The molecule has 1 rings (SSSR count). The fraction of sp³-hybridized carbons (Fsp3) is 0.417. The van der Waals surface area contributed by atoms with E-state index in [-0.39, 0.29) is 0 Å². The summed E-state index contributed by atoms with van der Waals surface area (Å²) in [7, 11) is 1.52. The molecule has 0 atom stereocenters. The Bertz CT molecular complexity index is 235. The molecule has 0 saturated carbocycles.